The maximum absolute atomic E-state index is 12.8. The van der Waals surface area contributed by atoms with Gasteiger partial charge in [0.15, 0.2) is 0 Å². The van der Waals surface area contributed by atoms with Crippen LogP contribution in [0.3, 0.4) is 0 Å². The van der Waals surface area contributed by atoms with Crippen LogP contribution in [0.2, 0.25) is 0 Å². The van der Waals surface area contributed by atoms with Gasteiger partial charge in [0, 0.05) is 11.4 Å². The fourth-order valence-electron chi connectivity index (χ4n) is 1.69. The second-order valence-corrected chi connectivity index (χ2v) is 5.04. The SMILES string of the molecule is CC(CCCBr)NC(=O)c1ccccc1C(F)(F)F. The highest BCUT2D eigenvalue weighted by atomic mass is 79.9. The molecule has 0 radical (unpaired) electrons. The highest BCUT2D eigenvalue weighted by Gasteiger charge is 2.34. The van der Waals surface area contributed by atoms with Crippen molar-refractivity contribution in [3.8, 4) is 0 Å². The molecule has 6 heteroatoms. The first kappa shape index (κ1) is 16.0. The van der Waals surface area contributed by atoms with Gasteiger partial charge in [-0.25, -0.2) is 0 Å². The summed E-state index contributed by atoms with van der Waals surface area (Å²) in [5.41, 5.74) is -1.24. The lowest BCUT2D eigenvalue weighted by Gasteiger charge is -2.16. The van der Waals surface area contributed by atoms with Crippen molar-refractivity contribution in [3.05, 3.63) is 35.4 Å². The average molecular weight is 338 g/mol. The fraction of sp³-hybridized carbons (Fsp3) is 0.462. The fourth-order valence-corrected chi connectivity index (χ4v) is 2.01. The van der Waals surface area contributed by atoms with Gasteiger partial charge in [-0.15, -0.1) is 0 Å². The lowest BCUT2D eigenvalue weighted by atomic mass is 10.1. The molecule has 1 N–H and O–H groups in total. The van der Waals surface area contributed by atoms with Gasteiger partial charge in [0.25, 0.3) is 5.91 Å². The number of carbonyl (C=O) groups is 1. The Morgan fingerprint density at radius 1 is 1.37 bits per heavy atom. The first-order valence-electron chi connectivity index (χ1n) is 5.89. The van der Waals surface area contributed by atoms with Gasteiger partial charge in [0.1, 0.15) is 0 Å². The predicted octanol–water partition coefficient (Wildman–Crippen LogP) is 4.00. The Morgan fingerprint density at radius 2 is 2.00 bits per heavy atom. The summed E-state index contributed by atoms with van der Waals surface area (Å²) in [5, 5.41) is 3.38. The molecule has 2 nitrogen and oxygen atoms in total. The van der Waals surface area contributed by atoms with E-state index in [1.807, 2.05) is 0 Å². The monoisotopic (exact) mass is 337 g/mol. The molecule has 0 aliphatic carbocycles. The van der Waals surface area contributed by atoms with Gasteiger partial charge < -0.3 is 5.32 Å². The summed E-state index contributed by atoms with van der Waals surface area (Å²) in [7, 11) is 0. The molecule has 19 heavy (non-hydrogen) atoms. The van der Waals surface area contributed by atoms with Crippen LogP contribution in [0.4, 0.5) is 13.2 Å². The Bertz CT molecular complexity index is 434. The van der Waals surface area contributed by atoms with Crippen molar-refractivity contribution in [1.82, 2.24) is 5.32 Å². The van der Waals surface area contributed by atoms with Crippen molar-refractivity contribution in [1.29, 1.82) is 0 Å². The van der Waals surface area contributed by atoms with E-state index >= 15 is 0 Å². The van der Waals surface area contributed by atoms with Crippen LogP contribution in [0.5, 0.6) is 0 Å². The number of hydrogen-bond donors (Lipinski definition) is 1. The van der Waals surface area contributed by atoms with Crippen LogP contribution < -0.4 is 5.32 Å². The smallest absolute Gasteiger partial charge is 0.350 e. The van der Waals surface area contributed by atoms with Gasteiger partial charge >= 0.3 is 6.18 Å². The summed E-state index contributed by atoms with van der Waals surface area (Å²) in [4.78, 5) is 11.9. The van der Waals surface area contributed by atoms with Crippen molar-refractivity contribution in [2.75, 3.05) is 5.33 Å². The number of halogens is 4. The van der Waals surface area contributed by atoms with E-state index in [2.05, 4.69) is 21.2 Å². The van der Waals surface area contributed by atoms with E-state index in [1.54, 1.807) is 6.92 Å². The lowest BCUT2D eigenvalue weighted by Crippen LogP contribution is -2.33. The van der Waals surface area contributed by atoms with Crippen LogP contribution in [-0.2, 0) is 6.18 Å². The molecule has 106 valence electrons. The molecule has 1 aromatic carbocycles. The molecule has 1 atom stereocenters. The first-order valence-corrected chi connectivity index (χ1v) is 7.01. The molecular weight excluding hydrogens is 323 g/mol. The van der Waals surface area contributed by atoms with E-state index < -0.39 is 17.6 Å². The molecule has 0 heterocycles. The Labute approximate surface area is 118 Å². The number of rotatable bonds is 5. The van der Waals surface area contributed by atoms with Crippen molar-refractivity contribution < 1.29 is 18.0 Å². The van der Waals surface area contributed by atoms with Crippen LogP contribution in [0.1, 0.15) is 35.7 Å². The zero-order valence-corrected chi connectivity index (χ0v) is 12.0. The first-order chi connectivity index (χ1) is 8.86. The lowest BCUT2D eigenvalue weighted by molar-refractivity contribution is -0.137. The molecule has 0 aliphatic heterocycles. The third-order valence-corrected chi connectivity index (χ3v) is 3.19. The molecule has 0 aromatic heterocycles. The van der Waals surface area contributed by atoms with Crippen LogP contribution in [0, 0.1) is 0 Å². The van der Waals surface area contributed by atoms with Crippen LogP contribution in [0.15, 0.2) is 24.3 Å². The molecule has 0 fully saturated rings. The average Bonchev–Trinajstić information content (AvgIpc) is 2.35. The number of amides is 1. The zero-order valence-electron chi connectivity index (χ0n) is 10.4. The van der Waals surface area contributed by atoms with E-state index in [-0.39, 0.29) is 11.6 Å². The molecule has 1 aromatic rings. The van der Waals surface area contributed by atoms with Gasteiger partial charge in [0.05, 0.1) is 11.1 Å². The number of alkyl halides is 4. The van der Waals surface area contributed by atoms with Gasteiger partial charge in [0.2, 0.25) is 0 Å². The zero-order chi connectivity index (χ0) is 14.5. The topological polar surface area (TPSA) is 29.1 Å². The Balaban J connectivity index is 2.83. The second-order valence-electron chi connectivity index (χ2n) is 4.25. The normalized spacial score (nSPS) is 13.1. The predicted molar refractivity (Wildman–Crippen MR) is 71.4 cm³/mol. The van der Waals surface area contributed by atoms with Crippen LogP contribution in [-0.4, -0.2) is 17.3 Å². The number of nitrogens with one attached hydrogen (secondary N) is 1. The molecule has 1 unspecified atom stereocenters. The van der Waals surface area contributed by atoms with E-state index in [0.717, 1.165) is 17.8 Å². The molecule has 0 saturated carbocycles. The van der Waals surface area contributed by atoms with Crippen molar-refractivity contribution in [2.45, 2.75) is 32.0 Å². The third-order valence-electron chi connectivity index (χ3n) is 2.63. The Hall–Kier alpha value is -1.04. The summed E-state index contributed by atoms with van der Waals surface area (Å²) < 4.78 is 38.3. The van der Waals surface area contributed by atoms with E-state index in [9.17, 15) is 18.0 Å². The Morgan fingerprint density at radius 3 is 2.58 bits per heavy atom. The minimum Gasteiger partial charge on any atom is -0.350 e. The molecule has 0 spiro atoms. The maximum Gasteiger partial charge on any atom is 0.417 e. The number of benzene rings is 1. The molecule has 0 bridgehead atoms. The molecule has 1 amide bonds. The summed E-state index contributed by atoms with van der Waals surface area (Å²) in [5.74, 6) is -0.685. The van der Waals surface area contributed by atoms with Crippen LogP contribution in [0.25, 0.3) is 0 Å². The molecule has 0 saturated heterocycles. The minimum absolute atomic E-state index is 0.161. The summed E-state index contributed by atoms with van der Waals surface area (Å²) >= 11 is 3.27. The molecular formula is C13H15BrF3NO. The summed E-state index contributed by atoms with van der Waals surface area (Å²) in [6.07, 6.45) is -2.96. The van der Waals surface area contributed by atoms with Gasteiger partial charge in [-0.1, -0.05) is 28.1 Å². The second kappa shape index (κ2) is 6.93. The molecule has 1 rings (SSSR count). The molecule has 0 aliphatic rings. The van der Waals surface area contributed by atoms with Crippen molar-refractivity contribution >= 4 is 21.8 Å². The van der Waals surface area contributed by atoms with Gasteiger partial charge in [-0.3, -0.25) is 4.79 Å². The Kier molecular flexibility index (Phi) is 5.85. The van der Waals surface area contributed by atoms with E-state index in [1.165, 1.54) is 18.2 Å². The largest absolute Gasteiger partial charge is 0.417 e. The van der Waals surface area contributed by atoms with Gasteiger partial charge in [-0.05, 0) is 31.9 Å². The highest BCUT2D eigenvalue weighted by molar-refractivity contribution is 9.09. The maximum atomic E-state index is 12.8. The summed E-state index contributed by atoms with van der Waals surface area (Å²) in [6.45, 7) is 1.77. The van der Waals surface area contributed by atoms with Crippen LogP contribution >= 0.6 is 15.9 Å². The van der Waals surface area contributed by atoms with Gasteiger partial charge in [-0.2, -0.15) is 13.2 Å². The van der Waals surface area contributed by atoms with Crippen molar-refractivity contribution in [3.63, 3.8) is 0 Å². The number of hydrogen-bond acceptors (Lipinski definition) is 1. The van der Waals surface area contributed by atoms with Crippen molar-refractivity contribution in [2.24, 2.45) is 0 Å². The minimum atomic E-state index is -4.52. The van der Waals surface area contributed by atoms with E-state index in [0.29, 0.717) is 6.42 Å². The number of carbonyl (C=O) groups excluding carboxylic acids is 1. The summed E-state index contributed by atoms with van der Waals surface area (Å²) in [6, 6.07) is 4.64. The quantitative estimate of drug-likeness (QED) is 0.808. The van der Waals surface area contributed by atoms with E-state index in [4.69, 9.17) is 0 Å². The highest BCUT2D eigenvalue weighted by Crippen LogP contribution is 2.31. The standard InChI is InChI=1S/C13H15BrF3NO/c1-9(5-4-8-14)18-12(19)10-6-2-3-7-11(10)13(15,16)17/h2-3,6-7,9H,4-5,8H2,1H3,(H,18,19). The third kappa shape index (κ3) is 4.86.